The molecule has 0 spiro atoms. The standard InChI is InChI=1S/C15H22FNO2/c1-15(11-18)7-2-8-17(10-15)9-14(19)12-3-5-13(16)6-4-12/h3-6,14,18-19H,2,7-11H2,1H3. The van der Waals surface area contributed by atoms with E-state index in [1.165, 1.54) is 12.1 Å². The first-order chi connectivity index (χ1) is 9.02. The summed E-state index contributed by atoms with van der Waals surface area (Å²) in [6.07, 6.45) is 1.45. The van der Waals surface area contributed by atoms with Gasteiger partial charge in [0, 0.05) is 25.1 Å². The van der Waals surface area contributed by atoms with Gasteiger partial charge in [0.2, 0.25) is 0 Å². The number of hydrogen-bond acceptors (Lipinski definition) is 3. The lowest BCUT2D eigenvalue weighted by Gasteiger charge is -2.40. The Morgan fingerprint density at radius 3 is 2.68 bits per heavy atom. The zero-order chi connectivity index (χ0) is 13.9. The van der Waals surface area contributed by atoms with Gasteiger partial charge in [0.05, 0.1) is 6.10 Å². The number of nitrogens with zero attached hydrogens (tertiary/aromatic N) is 1. The molecule has 0 aliphatic carbocycles. The van der Waals surface area contributed by atoms with Gasteiger partial charge in [-0.2, -0.15) is 0 Å². The van der Waals surface area contributed by atoms with Crippen molar-refractivity contribution in [2.75, 3.05) is 26.2 Å². The van der Waals surface area contributed by atoms with Gasteiger partial charge >= 0.3 is 0 Å². The van der Waals surface area contributed by atoms with Gasteiger partial charge in [0.1, 0.15) is 5.82 Å². The first kappa shape index (κ1) is 14.4. The van der Waals surface area contributed by atoms with Crippen LogP contribution in [0.3, 0.4) is 0 Å². The van der Waals surface area contributed by atoms with Crippen LogP contribution in [0.1, 0.15) is 31.4 Å². The highest BCUT2D eigenvalue weighted by Crippen LogP contribution is 2.29. The second-order valence-corrected chi connectivity index (χ2v) is 5.87. The maximum Gasteiger partial charge on any atom is 0.123 e. The van der Waals surface area contributed by atoms with Crippen LogP contribution in [-0.2, 0) is 0 Å². The molecule has 2 N–H and O–H groups in total. The molecule has 2 unspecified atom stereocenters. The zero-order valence-corrected chi connectivity index (χ0v) is 11.3. The van der Waals surface area contributed by atoms with Crippen LogP contribution in [0.5, 0.6) is 0 Å². The second kappa shape index (κ2) is 5.99. The molecule has 19 heavy (non-hydrogen) atoms. The SMILES string of the molecule is CC1(CO)CCCN(CC(O)c2ccc(F)cc2)C1. The van der Waals surface area contributed by atoms with Gasteiger partial charge < -0.3 is 10.2 Å². The van der Waals surface area contributed by atoms with E-state index in [1.807, 2.05) is 0 Å². The molecule has 0 aromatic heterocycles. The van der Waals surface area contributed by atoms with Gasteiger partial charge in [0.15, 0.2) is 0 Å². The Morgan fingerprint density at radius 1 is 1.37 bits per heavy atom. The molecular weight excluding hydrogens is 245 g/mol. The van der Waals surface area contributed by atoms with Crippen molar-refractivity contribution in [3.05, 3.63) is 35.6 Å². The van der Waals surface area contributed by atoms with Crippen molar-refractivity contribution in [2.24, 2.45) is 5.41 Å². The van der Waals surface area contributed by atoms with E-state index in [2.05, 4.69) is 11.8 Å². The van der Waals surface area contributed by atoms with Crippen LogP contribution in [0, 0.1) is 11.2 Å². The van der Waals surface area contributed by atoms with E-state index < -0.39 is 6.10 Å². The first-order valence-electron chi connectivity index (χ1n) is 6.79. The monoisotopic (exact) mass is 267 g/mol. The second-order valence-electron chi connectivity index (χ2n) is 5.87. The molecule has 1 heterocycles. The Balaban J connectivity index is 1.95. The average molecular weight is 267 g/mol. The topological polar surface area (TPSA) is 43.7 Å². The summed E-state index contributed by atoms with van der Waals surface area (Å²) in [7, 11) is 0. The summed E-state index contributed by atoms with van der Waals surface area (Å²) >= 11 is 0. The highest BCUT2D eigenvalue weighted by atomic mass is 19.1. The molecule has 1 aliphatic rings. The summed E-state index contributed by atoms with van der Waals surface area (Å²) in [6.45, 7) is 4.51. The number of hydrogen-bond donors (Lipinski definition) is 2. The fourth-order valence-corrected chi connectivity index (χ4v) is 2.75. The van der Waals surface area contributed by atoms with Crippen molar-refractivity contribution >= 4 is 0 Å². The number of piperidine rings is 1. The van der Waals surface area contributed by atoms with E-state index in [9.17, 15) is 14.6 Å². The molecule has 1 aromatic rings. The Labute approximate surface area is 113 Å². The van der Waals surface area contributed by atoms with Crippen LogP contribution in [0.25, 0.3) is 0 Å². The summed E-state index contributed by atoms with van der Waals surface area (Å²) in [5.41, 5.74) is 0.665. The van der Waals surface area contributed by atoms with Gasteiger partial charge in [-0.15, -0.1) is 0 Å². The number of aliphatic hydroxyl groups excluding tert-OH is 2. The minimum Gasteiger partial charge on any atom is -0.396 e. The molecule has 1 aliphatic heterocycles. The van der Waals surface area contributed by atoms with Crippen LogP contribution in [-0.4, -0.2) is 41.4 Å². The van der Waals surface area contributed by atoms with Crippen LogP contribution in [0.4, 0.5) is 4.39 Å². The number of rotatable bonds is 4. The third-order valence-electron chi connectivity index (χ3n) is 3.93. The quantitative estimate of drug-likeness (QED) is 0.876. The molecule has 1 aromatic carbocycles. The maximum atomic E-state index is 12.8. The van der Waals surface area contributed by atoms with E-state index in [4.69, 9.17) is 0 Å². The maximum absolute atomic E-state index is 12.8. The molecule has 4 heteroatoms. The molecule has 3 nitrogen and oxygen atoms in total. The van der Waals surface area contributed by atoms with Crippen molar-refractivity contribution in [1.82, 2.24) is 4.90 Å². The molecule has 0 amide bonds. The number of β-amino-alcohol motifs (C(OH)–C–C–N with tert-alkyl or cyclic N) is 1. The van der Waals surface area contributed by atoms with Crippen molar-refractivity contribution in [3.8, 4) is 0 Å². The van der Waals surface area contributed by atoms with Gasteiger partial charge in [0.25, 0.3) is 0 Å². The van der Waals surface area contributed by atoms with Crippen LogP contribution >= 0.6 is 0 Å². The van der Waals surface area contributed by atoms with Gasteiger partial charge in [-0.1, -0.05) is 19.1 Å². The zero-order valence-electron chi connectivity index (χ0n) is 11.3. The van der Waals surface area contributed by atoms with Gasteiger partial charge in [-0.25, -0.2) is 4.39 Å². The Morgan fingerprint density at radius 2 is 2.05 bits per heavy atom. The molecule has 2 rings (SSSR count). The Bertz CT molecular complexity index is 409. The van der Waals surface area contributed by atoms with E-state index in [0.717, 1.165) is 31.5 Å². The minimum absolute atomic E-state index is 0.0687. The van der Waals surface area contributed by atoms with Crippen molar-refractivity contribution in [3.63, 3.8) is 0 Å². The van der Waals surface area contributed by atoms with E-state index >= 15 is 0 Å². The summed E-state index contributed by atoms with van der Waals surface area (Å²) < 4.78 is 12.8. The normalized spacial score (nSPS) is 26.3. The van der Waals surface area contributed by atoms with Crippen molar-refractivity contribution in [1.29, 1.82) is 0 Å². The highest BCUT2D eigenvalue weighted by molar-refractivity contribution is 5.18. The fourth-order valence-electron chi connectivity index (χ4n) is 2.75. The first-order valence-corrected chi connectivity index (χ1v) is 6.79. The Kier molecular flexibility index (Phi) is 4.55. The number of aliphatic hydroxyl groups is 2. The molecule has 2 atom stereocenters. The third-order valence-corrected chi connectivity index (χ3v) is 3.93. The van der Waals surface area contributed by atoms with Gasteiger partial charge in [-0.05, 0) is 37.1 Å². The average Bonchev–Trinajstić information content (AvgIpc) is 2.39. The highest BCUT2D eigenvalue weighted by Gasteiger charge is 2.31. The molecule has 0 saturated carbocycles. The molecule has 1 saturated heterocycles. The third kappa shape index (κ3) is 3.75. The minimum atomic E-state index is -0.610. The van der Waals surface area contributed by atoms with Crippen LogP contribution in [0.2, 0.25) is 0 Å². The molecule has 1 fully saturated rings. The lowest BCUT2D eigenvalue weighted by Crippen LogP contribution is -2.45. The number of likely N-dealkylation sites (tertiary alicyclic amines) is 1. The predicted octanol–water partition coefficient (Wildman–Crippen LogP) is 1.95. The van der Waals surface area contributed by atoms with Crippen LogP contribution < -0.4 is 0 Å². The molecule has 0 bridgehead atoms. The summed E-state index contributed by atoms with van der Waals surface area (Å²) in [6, 6.07) is 5.98. The molecule has 0 radical (unpaired) electrons. The summed E-state index contributed by atoms with van der Waals surface area (Å²) in [5.74, 6) is -0.290. The summed E-state index contributed by atoms with van der Waals surface area (Å²) in [5, 5.41) is 19.6. The molecular formula is C15H22FNO2. The van der Waals surface area contributed by atoms with E-state index in [0.29, 0.717) is 6.54 Å². The van der Waals surface area contributed by atoms with E-state index in [1.54, 1.807) is 12.1 Å². The van der Waals surface area contributed by atoms with Gasteiger partial charge in [-0.3, -0.25) is 4.90 Å². The Hall–Kier alpha value is -0.970. The number of benzene rings is 1. The smallest absolute Gasteiger partial charge is 0.123 e. The lowest BCUT2D eigenvalue weighted by molar-refractivity contribution is 0.0210. The number of halogens is 1. The van der Waals surface area contributed by atoms with Crippen molar-refractivity contribution < 1.29 is 14.6 Å². The summed E-state index contributed by atoms with van der Waals surface area (Å²) in [4.78, 5) is 2.17. The largest absolute Gasteiger partial charge is 0.396 e. The molecule has 106 valence electrons. The van der Waals surface area contributed by atoms with Crippen molar-refractivity contribution in [2.45, 2.75) is 25.9 Å². The van der Waals surface area contributed by atoms with Crippen LogP contribution in [0.15, 0.2) is 24.3 Å². The lowest BCUT2D eigenvalue weighted by atomic mass is 9.82. The van der Waals surface area contributed by atoms with E-state index in [-0.39, 0.29) is 17.8 Å². The fraction of sp³-hybridized carbons (Fsp3) is 0.600. The predicted molar refractivity (Wildman–Crippen MR) is 72.2 cm³/mol.